The molecule has 1 amide bonds. The van der Waals surface area contributed by atoms with E-state index in [1.807, 2.05) is 24.3 Å². The Hall–Kier alpha value is -2.21. The van der Waals surface area contributed by atoms with Gasteiger partial charge in [-0.2, -0.15) is 0 Å². The van der Waals surface area contributed by atoms with Crippen molar-refractivity contribution >= 4 is 23.2 Å². The Morgan fingerprint density at radius 2 is 1.88 bits per heavy atom. The second kappa shape index (κ2) is 7.13. The number of carbonyl (C=O) groups is 2. The van der Waals surface area contributed by atoms with E-state index in [9.17, 15) is 9.59 Å². The summed E-state index contributed by atoms with van der Waals surface area (Å²) >= 11 is 1.23. The van der Waals surface area contributed by atoms with Crippen molar-refractivity contribution < 1.29 is 14.3 Å². The molecule has 0 radical (unpaired) electrons. The first-order valence-corrected chi connectivity index (χ1v) is 8.54. The molecule has 2 aromatic rings. The highest BCUT2D eigenvalue weighted by atomic mass is 32.1. The van der Waals surface area contributed by atoms with Crippen LogP contribution in [0.25, 0.3) is 0 Å². The minimum absolute atomic E-state index is 0.0645. The third-order valence-electron chi connectivity index (χ3n) is 3.60. The zero-order chi connectivity index (χ0) is 17.9. The zero-order valence-electron chi connectivity index (χ0n) is 14.3. The van der Waals surface area contributed by atoms with E-state index >= 15 is 0 Å². The van der Waals surface area contributed by atoms with E-state index in [1.54, 1.807) is 12.3 Å². The van der Waals surface area contributed by atoms with Gasteiger partial charge in [0.05, 0.1) is 0 Å². The highest BCUT2D eigenvalue weighted by Gasteiger charge is 2.31. The first-order valence-electron chi connectivity index (χ1n) is 7.66. The monoisotopic (exact) mass is 346 g/mol. The number of esters is 1. The van der Waals surface area contributed by atoms with Crippen LogP contribution in [0.15, 0.2) is 29.6 Å². The number of ether oxygens (including phenoxy) is 1. The molecule has 0 aliphatic rings. The Kier molecular flexibility index (Phi) is 5.39. The SMILES string of the molecule is Cc1csc(C(C(N)=O)C(=O)OCc2ccc(C(C)(C)C)cc2)n1. The Morgan fingerprint density at radius 1 is 1.25 bits per heavy atom. The molecule has 1 heterocycles. The summed E-state index contributed by atoms with van der Waals surface area (Å²) in [6.45, 7) is 8.29. The van der Waals surface area contributed by atoms with Gasteiger partial charge in [0.1, 0.15) is 11.6 Å². The van der Waals surface area contributed by atoms with Gasteiger partial charge >= 0.3 is 5.97 Å². The van der Waals surface area contributed by atoms with Gasteiger partial charge in [0, 0.05) is 11.1 Å². The van der Waals surface area contributed by atoms with Crippen molar-refractivity contribution in [3.63, 3.8) is 0 Å². The topological polar surface area (TPSA) is 82.3 Å². The number of hydrogen-bond donors (Lipinski definition) is 1. The van der Waals surface area contributed by atoms with E-state index in [1.165, 1.54) is 16.9 Å². The van der Waals surface area contributed by atoms with Crippen molar-refractivity contribution in [2.24, 2.45) is 5.73 Å². The molecule has 1 unspecified atom stereocenters. The second-order valence-corrected chi connectivity index (χ2v) is 7.61. The molecule has 0 saturated heterocycles. The highest BCUT2D eigenvalue weighted by molar-refractivity contribution is 7.10. The van der Waals surface area contributed by atoms with Crippen molar-refractivity contribution in [2.75, 3.05) is 0 Å². The van der Waals surface area contributed by atoms with Crippen LogP contribution in [0.5, 0.6) is 0 Å². The average Bonchev–Trinajstić information content (AvgIpc) is 2.90. The number of nitrogens with zero attached hydrogens (tertiary/aromatic N) is 1. The average molecular weight is 346 g/mol. The van der Waals surface area contributed by atoms with E-state index in [4.69, 9.17) is 10.5 Å². The molecule has 2 N–H and O–H groups in total. The van der Waals surface area contributed by atoms with Crippen LogP contribution in [0.2, 0.25) is 0 Å². The molecule has 0 saturated carbocycles. The maximum absolute atomic E-state index is 12.2. The molecule has 1 aromatic carbocycles. The molecule has 1 atom stereocenters. The van der Waals surface area contributed by atoms with Gasteiger partial charge in [-0.3, -0.25) is 9.59 Å². The fourth-order valence-corrected chi connectivity index (χ4v) is 3.07. The summed E-state index contributed by atoms with van der Waals surface area (Å²) in [6.07, 6.45) is 0. The number of thiazole rings is 1. The number of aromatic nitrogens is 1. The van der Waals surface area contributed by atoms with E-state index in [0.717, 1.165) is 11.3 Å². The third kappa shape index (κ3) is 4.41. The maximum atomic E-state index is 12.2. The van der Waals surface area contributed by atoms with Crippen LogP contribution in [0.1, 0.15) is 48.5 Å². The number of hydrogen-bond acceptors (Lipinski definition) is 5. The Morgan fingerprint density at radius 3 is 2.33 bits per heavy atom. The van der Waals surface area contributed by atoms with E-state index < -0.39 is 17.8 Å². The Balaban J connectivity index is 2.04. The molecule has 0 aliphatic carbocycles. The molecule has 128 valence electrons. The Bertz CT molecular complexity index is 729. The van der Waals surface area contributed by atoms with Crippen molar-refractivity contribution in [2.45, 2.75) is 45.6 Å². The lowest BCUT2D eigenvalue weighted by atomic mass is 9.87. The quantitative estimate of drug-likeness (QED) is 0.666. The van der Waals surface area contributed by atoms with Gasteiger partial charge < -0.3 is 10.5 Å². The van der Waals surface area contributed by atoms with Gasteiger partial charge in [0.2, 0.25) is 5.91 Å². The first kappa shape index (κ1) is 18.1. The summed E-state index contributed by atoms with van der Waals surface area (Å²) in [5.74, 6) is -2.58. The summed E-state index contributed by atoms with van der Waals surface area (Å²) in [5.41, 5.74) is 8.21. The van der Waals surface area contributed by atoms with Gasteiger partial charge in [-0.05, 0) is 23.5 Å². The molecule has 0 fully saturated rings. The van der Waals surface area contributed by atoms with Crippen molar-refractivity contribution in [3.8, 4) is 0 Å². The van der Waals surface area contributed by atoms with Crippen molar-refractivity contribution in [1.29, 1.82) is 0 Å². The van der Waals surface area contributed by atoms with Gasteiger partial charge in [-0.25, -0.2) is 4.98 Å². The van der Waals surface area contributed by atoms with Gasteiger partial charge in [0.15, 0.2) is 5.92 Å². The van der Waals surface area contributed by atoms with Crippen LogP contribution in [0.3, 0.4) is 0 Å². The lowest BCUT2D eigenvalue weighted by molar-refractivity contribution is -0.149. The molecule has 0 spiro atoms. The molecule has 2 rings (SSSR count). The van der Waals surface area contributed by atoms with Crippen LogP contribution >= 0.6 is 11.3 Å². The Labute approximate surface area is 145 Å². The van der Waals surface area contributed by atoms with Crippen molar-refractivity contribution in [3.05, 3.63) is 51.5 Å². The standard InChI is InChI=1S/C18H22N2O3S/c1-11-10-24-16(20-11)14(15(19)21)17(22)23-9-12-5-7-13(8-6-12)18(2,3)4/h5-8,10,14H,9H2,1-4H3,(H2,19,21). The third-order valence-corrected chi connectivity index (χ3v) is 4.63. The summed E-state index contributed by atoms with van der Waals surface area (Å²) < 4.78 is 5.27. The minimum Gasteiger partial charge on any atom is -0.460 e. The highest BCUT2D eigenvalue weighted by Crippen LogP contribution is 2.24. The van der Waals surface area contributed by atoms with Gasteiger partial charge in [-0.15, -0.1) is 11.3 Å². The smallest absolute Gasteiger partial charge is 0.325 e. The molecule has 24 heavy (non-hydrogen) atoms. The normalized spacial score (nSPS) is 12.7. The van der Waals surface area contributed by atoms with E-state index in [-0.39, 0.29) is 12.0 Å². The largest absolute Gasteiger partial charge is 0.460 e. The van der Waals surface area contributed by atoms with Crippen molar-refractivity contribution in [1.82, 2.24) is 4.98 Å². The predicted molar refractivity (Wildman–Crippen MR) is 93.7 cm³/mol. The van der Waals surface area contributed by atoms with E-state index in [2.05, 4.69) is 25.8 Å². The fraction of sp³-hybridized carbons (Fsp3) is 0.389. The second-order valence-electron chi connectivity index (χ2n) is 6.72. The van der Waals surface area contributed by atoms with Crippen LogP contribution in [0, 0.1) is 6.92 Å². The number of benzene rings is 1. The molecule has 0 aliphatic heterocycles. The van der Waals surface area contributed by atoms with Crippen LogP contribution in [-0.4, -0.2) is 16.9 Å². The van der Waals surface area contributed by atoms with Crippen LogP contribution < -0.4 is 5.73 Å². The maximum Gasteiger partial charge on any atom is 0.325 e. The summed E-state index contributed by atoms with van der Waals surface area (Å²) in [4.78, 5) is 28.0. The number of amides is 1. The lowest BCUT2D eigenvalue weighted by Gasteiger charge is -2.19. The zero-order valence-corrected chi connectivity index (χ0v) is 15.1. The van der Waals surface area contributed by atoms with E-state index in [0.29, 0.717) is 5.01 Å². The molecular weight excluding hydrogens is 324 g/mol. The summed E-state index contributed by atoms with van der Waals surface area (Å²) in [7, 11) is 0. The first-order chi connectivity index (χ1) is 11.2. The number of primary amides is 1. The van der Waals surface area contributed by atoms with Crippen LogP contribution in [-0.2, 0) is 26.3 Å². The summed E-state index contributed by atoms with van der Waals surface area (Å²) in [5, 5.41) is 2.14. The fourth-order valence-electron chi connectivity index (χ4n) is 2.18. The molecule has 0 bridgehead atoms. The number of nitrogens with two attached hydrogens (primary N) is 1. The van der Waals surface area contributed by atoms with Gasteiger partial charge in [0.25, 0.3) is 0 Å². The van der Waals surface area contributed by atoms with Crippen LogP contribution in [0.4, 0.5) is 0 Å². The summed E-state index contributed by atoms with van der Waals surface area (Å²) in [6, 6.07) is 7.86. The van der Waals surface area contributed by atoms with Gasteiger partial charge in [-0.1, -0.05) is 45.0 Å². The molecule has 6 heteroatoms. The molecule has 5 nitrogen and oxygen atoms in total. The minimum atomic E-state index is -1.16. The number of carbonyl (C=O) groups excluding carboxylic acids is 2. The number of aryl methyl sites for hydroxylation is 1. The molecule has 1 aromatic heterocycles. The number of rotatable bonds is 5. The predicted octanol–water partition coefficient (Wildman–Crippen LogP) is 3.06. The lowest BCUT2D eigenvalue weighted by Crippen LogP contribution is -2.29. The molecular formula is C18H22N2O3S.